The van der Waals surface area contributed by atoms with Crippen molar-refractivity contribution < 1.29 is 0 Å². The molecule has 4 aliphatic rings. The average Bonchev–Trinajstić information content (AvgIpc) is 2.88. The number of hydrogen-bond donors (Lipinski definition) is 0. The number of pyridine rings is 1. The van der Waals surface area contributed by atoms with Gasteiger partial charge in [-0.3, -0.25) is 4.98 Å². The van der Waals surface area contributed by atoms with Crippen LogP contribution in [0.15, 0.2) is 24.5 Å². The first-order valence-electron chi connectivity index (χ1n) is 11.7. The Labute approximate surface area is 166 Å². The van der Waals surface area contributed by atoms with Crippen LogP contribution in [0.5, 0.6) is 0 Å². The van der Waals surface area contributed by atoms with Gasteiger partial charge in [0.05, 0.1) is 0 Å². The van der Waals surface area contributed by atoms with Gasteiger partial charge in [-0.2, -0.15) is 0 Å². The third-order valence-electron chi connectivity index (χ3n) is 9.74. The van der Waals surface area contributed by atoms with Crippen molar-refractivity contribution in [2.75, 3.05) is 0 Å². The summed E-state index contributed by atoms with van der Waals surface area (Å²) in [6.07, 6.45) is 21.3. The highest BCUT2D eigenvalue weighted by molar-refractivity contribution is 5.74. The largest absolute Gasteiger partial charge is 0.264 e. The van der Waals surface area contributed by atoms with Gasteiger partial charge in [0, 0.05) is 12.4 Å². The lowest BCUT2D eigenvalue weighted by Crippen LogP contribution is -2.51. The summed E-state index contributed by atoms with van der Waals surface area (Å²) in [7, 11) is 0. The number of nitrogens with zero attached hydrogens (tertiary/aromatic N) is 1. The highest BCUT2D eigenvalue weighted by atomic mass is 14.6. The van der Waals surface area contributed by atoms with E-state index in [1.165, 1.54) is 75.3 Å². The lowest BCUT2D eigenvalue weighted by molar-refractivity contribution is -0.0808. The molecule has 1 aromatic rings. The standard InChI is InChI=1S/C26H37N/c1-18-13-16-27-17-21(18)23-11-10-22-20-9-8-19-7-5-4-6-14-25(19,2)24(20)12-15-26(22,23)3/h11,13,16-17,19-20,22,24H,4-10,12,14-15H2,1-3H3/t19-,20+,22+,24+,25+,26+/m1/s1. The maximum absolute atomic E-state index is 4.47. The average molecular weight is 364 g/mol. The van der Waals surface area contributed by atoms with Crippen LogP contribution in [0.3, 0.4) is 0 Å². The second kappa shape index (κ2) is 6.46. The van der Waals surface area contributed by atoms with Crippen molar-refractivity contribution in [3.63, 3.8) is 0 Å². The zero-order chi connectivity index (χ0) is 18.6. The topological polar surface area (TPSA) is 12.9 Å². The molecule has 1 nitrogen and oxygen atoms in total. The van der Waals surface area contributed by atoms with Gasteiger partial charge in [-0.1, -0.05) is 39.2 Å². The normalized spacial score (nSPS) is 43.9. The minimum absolute atomic E-state index is 0.378. The van der Waals surface area contributed by atoms with Crippen LogP contribution in [0.25, 0.3) is 5.57 Å². The second-order valence-corrected chi connectivity index (χ2v) is 10.8. The molecule has 0 aliphatic heterocycles. The fourth-order valence-electron chi connectivity index (χ4n) is 8.20. The summed E-state index contributed by atoms with van der Waals surface area (Å²) in [5, 5.41) is 0. The van der Waals surface area contributed by atoms with Gasteiger partial charge in [-0.15, -0.1) is 0 Å². The highest BCUT2D eigenvalue weighted by Gasteiger charge is 2.57. The number of fused-ring (bicyclic) bond motifs is 5. The summed E-state index contributed by atoms with van der Waals surface area (Å²) >= 11 is 0. The van der Waals surface area contributed by atoms with Gasteiger partial charge in [0.1, 0.15) is 0 Å². The first-order chi connectivity index (χ1) is 13.0. The van der Waals surface area contributed by atoms with Crippen molar-refractivity contribution in [1.29, 1.82) is 0 Å². The summed E-state index contributed by atoms with van der Waals surface area (Å²) in [5.74, 6) is 3.82. The van der Waals surface area contributed by atoms with Gasteiger partial charge in [-0.25, -0.2) is 0 Å². The quantitative estimate of drug-likeness (QED) is 0.514. The van der Waals surface area contributed by atoms with Crippen molar-refractivity contribution in [3.05, 3.63) is 35.7 Å². The van der Waals surface area contributed by atoms with Crippen LogP contribution >= 0.6 is 0 Å². The molecule has 27 heavy (non-hydrogen) atoms. The van der Waals surface area contributed by atoms with Crippen molar-refractivity contribution in [1.82, 2.24) is 4.98 Å². The number of allylic oxidation sites excluding steroid dienone is 2. The molecule has 0 aromatic carbocycles. The second-order valence-electron chi connectivity index (χ2n) is 10.8. The van der Waals surface area contributed by atoms with Crippen LogP contribution in [0.1, 0.15) is 89.2 Å². The molecule has 0 bridgehead atoms. The van der Waals surface area contributed by atoms with Crippen molar-refractivity contribution in [3.8, 4) is 0 Å². The Morgan fingerprint density at radius 1 is 0.963 bits per heavy atom. The van der Waals surface area contributed by atoms with Gasteiger partial charge in [0.15, 0.2) is 0 Å². The highest BCUT2D eigenvalue weighted by Crippen LogP contribution is 2.67. The van der Waals surface area contributed by atoms with Crippen LogP contribution in [0, 0.1) is 41.4 Å². The Bertz CT molecular complexity index is 748. The fourth-order valence-corrected chi connectivity index (χ4v) is 8.20. The van der Waals surface area contributed by atoms with E-state index in [9.17, 15) is 0 Å². The Kier molecular flexibility index (Phi) is 4.30. The van der Waals surface area contributed by atoms with E-state index in [-0.39, 0.29) is 0 Å². The fraction of sp³-hybridized carbons (Fsp3) is 0.731. The molecule has 0 saturated heterocycles. The summed E-state index contributed by atoms with van der Waals surface area (Å²) in [6, 6.07) is 2.19. The first-order valence-corrected chi connectivity index (χ1v) is 11.7. The van der Waals surface area contributed by atoms with Gasteiger partial charge < -0.3 is 0 Å². The van der Waals surface area contributed by atoms with E-state index in [0.717, 1.165) is 23.7 Å². The molecule has 0 amide bonds. The van der Waals surface area contributed by atoms with Crippen LogP contribution in [0.4, 0.5) is 0 Å². The third kappa shape index (κ3) is 2.60. The van der Waals surface area contributed by atoms with E-state index < -0.39 is 0 Å². The molecule has 1 heteroatoms. The van der Waals surface area contributed by atoms with Crippen LogP contribution < -0.4 is 0 Å². The first kappa shape index (κ1) is 18.0. The van der Waals surface area contributed by atoms with E-state index in [1.54, 1.807) is 5.57 Å². The summed E-state index contributed by atoms with van der Waals surface area (Å²) in [4.78, 5) is 4.47. The number of aryl methyl sites for hydroxylation is 1. The van der Waals surface area contributed by atoms with E-state index >= 15 is 0 Å². The molecule has 0 N–H and O–H groups in total. The van der Waals surface area contributed by atoms with Gasteiger partial charge in [-0.05, 0) is 109 Å². The summed E-state index contributed by atoms with van der Waals surface area (Å²) in [5.41, 5.74) is 5.47. The monoisotopic (exact) mass is 363 g/mol. The van der Waals surface area contributed by atoms with Crippen molar-refractivity contribution in [2.24, 2.45) is 34.5 Å². The zero-order valence-corrected chi connectivity index (χ0v) is 17.6. The summed E-state index contributed by atoms with van der Waals surface area (Å²) < 4.78 is 0. The molecule has 1 heterocycles. The molecule has 0 unspecified atom stereocenters. The molecule has 1 aromatic heterocycles. The molecule has 6 atom stereocenters. The van der Waals surface area contributed by atoms with Crippen LogP contribution in [-0.4, -0.2) is 4.98 Å². The van der Waals surface area contributed by atoms with Crippen molar-refractivity contribution >= 4 is 5.57 Å². The minimum atomic E-state index is 0.378. The van der Waals surface area contributed by atoms with Crippen LogP contribution in [0.2, 0.25) is 0 Å². The molecule has 146 valence electrons. The molecule has 0 radical (unpaired) electrons. The predicted molar refractivity (Wildman–Crippen MR) is 113 cm³/mol. The molecule has 4 aliphatic carbocycles. The number of hydrogen-bond acceptors (Lipinski definition) is 1. The van der Waals surface area contributed by atoms with E-state index in [1.807, 2.05) is 6.20 Å². The maximum atomic E-state index is 4.47. The SMILES string of the molecule is Cc1ccncc1C1=CC[C@H]2[C@@H]3CC[C@H]4CCCCC[C@]4(C)[C@H]3CC[C@]12C. The summed E-state index contributed by atoms with van der Waals surface area (Å²) in [6.45, 7) is 7.57. The molecular weight excluding hydrogens is 326 g/mol. The lowest BCUT2D eigenvalue weighted by Gasteiger charge is -2.59. The molecule has 3 saturated carbocycles. The Hall–Kier alpha value is -1.11. The van der Waals surface area contributed by atoms with Gasteiger partial charge in [0.2, 0.25) is 0 Å². The zero-order valence-electron chi connectivity index (χ0n) is 17.6. The van der Waals surface area contributed by atoms with E-state index in [2.05, 4.69) is 44.1 Å². The Morgan fingerprint density at radius 3 is 2.70 bits per heavy atom. The van der Waals surface area contributed by atoms with E-state index in [4.69, 9.17) is 0 Å². The minimum Gasteiger partial charge on any atom is -0.264 e. The lowest BCUT2D eigenvalue weighted by atomic mass is 9.46. The molecule has 3 fully saturated rings. The Balaban J connectivity index is 1.47. The number of aromatic nitrogens is 1. The maximum Gasteiger partial charge on any atom is 0.0345 e. The molecular formula is C26H37N. The molecule has 0 spiro atoms. The number of rotatable bonds is 1. The van der Waals surface area contributed by atoms with E-state index in [0.29, 0.717) is 10.8 Å². The smallest absolute Gasteiger partial charge is 0.0345 e. The van der Waals surface area contributed by atoms with Crippen molar-refractivity contribution in [2.45, 2.75) is 85.0 Å². The van der Waals surface area contributed by atoms with Gasteiger partial charge in [0.25, 0.3) is 0 Å². The Morgan fingerprint density at radius 2 is 1.85 bits per heavy atom. The third-order valence-corrected chi connectivity index (χ3v) is 9.74. The predicted octanol–water partition coefficient (Wildman–Crippen LogP) is 7.21. The van der Waals surface area contributed by atoms with Gasteiger partial charge >= 0.3 is 0 Å². The van der Waals surface area contributed by atoms with Crippen LogP contribution in [-0.2, 0) is 0 Å². The molecule has 5 rings (SSSR count).